The molecule has 27 heavy (non-hydrogen) atoms. The SMILES string of the molecule is NC(=O)N1CCCc2ccc(NC(=O)c3cc4c([nH]c3=O)CCCC4)cc21. The van der Waals surface area contributed by atoms with Crippen LogP contribution in [0.15, 0.2) is 29.1 Å². The quantitative estimate of drug-likeness (QED) is 0.759. The second-order valence-corrected chi connectivity index (χ2v) is 7.11. The Morgan fingerprint density at radius 3 is 2.63 bits per heavy atom. The predicted octanol–water partition coefficient (Wildman–Crippen LogP) is 2.34. The van der Waals surface area contributed by atoms with Gasteiger partial charge in [-0.15, -0.1) is 0 Å². The number of carbonyl (C=O) groups is 2. The minimum Gasteiger partial charge on any atom is -0.351 e. The molecule has 0 fully saturated rings. The summed E-state index contributed by atoms with van der Waals surface area (Å²) in [4.78, 5) is 41.0. The summed E-state index contributed by atoms with van der Waals surface area (Å²) in [5.41, 5.74) is 9.44. The number of nitrogens with two attached hydrogens (primary N) is 1. The largest absolute Gasteiger partial charge is 0.351 e. The van der Waals surface area contributed by atoms with Crippen LogP contribution in [0.3, 0.4) is 0 Å². The van der Waals surface area contributed by atoms with Crippen LogP contribution in [-0.2, 0) is 19.3 Å². The van der Waals surface area contributed by atoms with Crippen molar-refractivity contribution in [3.63, 3.8) is 0 Å². The van der Waals surface area contributed by atoms with Crippen molar-refractivity contribution in [2.45, 2.75) is 38.5 Å². The Kier molecular flexibility index (Phi) is 4.43. The summed E-state index contributed by atoms with van der Waals surface area (Å²) < 4.78 is 0. The highest BCUT2D eigenvalue weighted by molar-refractivity contribution is 6.04. The number of hydrogen-bond acceptors (Lipinski definition) is 3. The molecule has 0 spiro atoms. The lowest BCUT2D eigenvalue weighted by molar-refractivity contribution is 0.102. The van der Waals surface area contributed by atoms with Gasteiger partial charge < -0.3 is 16.0 Å². The summed E-state index contributed by atoms with van der Waals surface area (Å²) >= 11 is 0. The van der Waals surface area contributed by atoms with Gasteiger partial charge in [-0.1, -0.05) is 6.07 Å². The van der Waals surface area contributed by atoms with Crippen molar-refractivity contribution in [2.24, 2.45) is 5.73 Å². The van der Waals surface area contributed by atoms with E-state index in [0.717, 1.165) is 55.3 Å². The minimum atomic E-state index is -0.509. The second-order valence-electron chi connectivity index (χ2n) is 7.11. The van der Waals surface area contributed by atoms with Gasteiger partial charge in [0.25, 0.3) is 11.5 Å². The molecule has 0 radical (unpaired) electrons. The van der Waals surface area contributed by atoms with Crippen molar-refractivity contribution in [1.29, 1.82) is 0 Å². The van der Waals surface area contributed by atoms with Crippen LogP contribution in [0.25, 0.3) is 0 Å². The van der Waals surface area contributed by atoms with Gasteiger partial charge >= 0.3 is 6.03 Å². The highest BCUT2D eigenvalue weighted by atomic mass is 16.2. The molecular weight excluding hydrogens is 344 g/mol. The normalized spacial score (nSPS) is 15.6. The third-order valence-electron chi connectivity index (χ3n) is 5.31. The molecule has 0 unspecified atom stereocenters. The summed E-state index contributed by atoms with van der Waals surface area (Å²) in [6.45, 7) is 0.560. The lowest BCUT2D eigenvalue weighted by Gasteiger charge is -2.28. The zero-order chi connectivity index (χ0) is 19.0. The molecule has 1 aliphatic carbocycles. The third kappa shape index (κ3) is 3.32. The van der Waals surface area contributed by atoms with E-state index in [1.54, 1.807) is 18.2 Å². The summed E-state index contributed by atoms with van der Waals surface area (Å²) in [5.74, 6) is -0.453. The summed E-state index contributed by atoms with van der Waals surface area (Å²) in [7, 11) is 0. The number of aromatic amines is 1. The molecule has 1 aromatic heterocycles. The first-order valence-corrected chi connectivity index (χ1v) is 9.29. The Labute approximate surface area is 156 Å². The number of fused-ring (bicyclic) bond motifs is 2. The zero-order valence-electron chi connectivity index (χ0n) is 15.0. The van der Waals surface area contributed by atoms with Crippen molar-refractivity contribution in [3.05, 3.63) is 57.0 Å². The topological polar surface area (TPSA) is 108 Å². The molecule has 1 aromatic carbocycles. The highest BCUT2D eigenvalue weighted by Crippen LogP contribution is 2.30. The van der Waals surface area contributed by atoms with Gasteiger partial charge in [0.2, 0.25) is 0 Å². The van der Waals surface area contributed by atoms with Crippen molar-refractivity contribution in [1.82, 2.24) is 4.98 Å². The number of aryl methyl sites for hydroxylation is 3. The number of benzene rings is 1. The standard InChI is InChI=1S/C20H22N4O3/c21-20(27)24-9-3-5-12-7-8-14(11-17(12)24)22-18(25)15-10-13-4-1-2-6-16(13)23-19(15)26/h7-8,10-11H,1-6,9H2,(H2,21,27)(H,22,25)(H,23,26). The zero-order valence-corrected chi connectivity index (χ0v) is 15.0. The maximum atomic E-state index is 12.7. The van der Waals surface area contributed by atoms with E-state index in [2.05, 4.69) is 10.3 Å². The number of hydrogen-bond donors (Lipinski definition) is 3. The van der Waals surface area contributed by atoms with Gasteiger partial charge in [-0.3, -0.25) is 14.5 Å². The molecule has 2 aliphatic rings. The van der Waals surface area contributed by atoms with Crippen LogP contribution in [-0.4, -0.2) is 23.5 Å². The van der Waals surface area contributed by atoms with Gasteiger partial charge in [0.15, 0.2) is 0 Å². The average molecular weight is 366 g/mol. The second kappa shape index (κ2) is 6.90. The van der Waals surface area contributed by atoms with E-state index in [0.29, 0.717) is 17.9 Å². The van der Waals surface area contributed by atoms with Gasteiger partial charge in [0.1, 0.15) is 5.56 Å². The number of carbonyl (C=O) groups excluding carboxylic acids is 2. The van der Waals surface area contributed by atoms with Crippen LogP contribution in [0.5, 0.6) is 0 Å². The van der Waals surface area contributed by atoms with E-state index in [9.17, 15) is 14.4 Å². The number of primary amides is 1. The minimum absolute atomic E-state index is 0.111. The molecule has 0 saturated carbocycles. The Hall–Kier alpha value is -3.09. The molecule has 7 heteroatoms. The van der Waals surface area contributed by atoms with Gasteiger partial charge in [-0.25, -0.2) is 4.79 Å². The number of rotatable bonds is 2. The number of H-pyrrole nitrogens is 1. The Bertz CT molecular complexity index is 980. The maximum Gasteiger partial charge on any atom is 0.319 e. The fourth-order valence-corrected chi connectivity index (χ4v) is 3.92. The fourth-order valence-electron chi connectivity index (χ4n) is 3.92. The average Bonchev–Trinajstić information content (AvgIpc) is 2.66. The number of urea groups is 1. The Morgan fingerprint density at radius 1 is 1.04 bits per heavy atom. The summed E-state index contributed by atoms with van der Waals surface area (Å²) in [6.07, 6.45) is 5.55. The van der Waals surface area contributed by atoms with E-state index >= 15 is 0 Å². The van der Waals surface area contributed by atoms with Crippen LogP contribution in [0.2, 0.25) is 0 Å². The van der Waals surface area contributed by atoms with Crippen LogP contribution in [0.1, 0.15) is 46.4 Å². The van der Waals surface area contributed by atoms with E-state index in [4.69, 9.17) is 5.73 Å². The molecule has 0 atom stereocenters. The molecule has 2 heterocycles. The first kappa shape index (κ1) is 17.3. The lowest BCUT2D eigenvalue weighted by Crippen LogP contribution is -2.39. The monoisotopic (exact) mass is 366 g/mol. The predicted molar refractivity (Wildman–Crippen MR) is 103 cm³/mol. The maximum absolute atomic E-state index is 12.7. The van der Waals surface area contributed by atoms with Crippen molar-refractivity contribution >= 4 is 23.3 Å². The molecule has 1 aliphatic heterocycles. The Morgan fingerprint density at radius 2 is 1.81 bits per heavy atom. The number of amides is 3. The van der Waals surface area contributed by atoms with E-state index < -0.39 is 11.9 Å². The van der Waals surface area contributed by atoms with E-state index in [-0.39, 0.29) is 11.1 Å². The molecule has 0 bridgehead atoms. The van der Waals surface area contributed by atoms with Gasteiger partial charge in [-0.2, -0.15) is 0 Å². The number of pyridine rings is 1. The first-order valence-electron chi connectivity index (χ1n) is 9.29. The van der Waals surface area contributed by atoms with Crippen molar-refractivity contribution < 1.29 is 9.59 Å². The number of nitrogens with zero attached hydrogens (tertiary/aromatic N) is 1. The summed E-state index contributed by atoms with van der Waals surface area (Å²) in [6, 6.07) is 6.61. The van der Waals surface area contributed by atoms with Crippen molar-refractivity contribution in [2.75, 3.05) is 16.8 Å². The fraction of sp³-hybridized carbons (Fsp3) is 0.350. The summed E-state index contributed by atoms with van der Waals surface area (Å²) in [5, 5.41) is 2.78. The highest BCUT2D eigenvalue weighted by Gasteiger charge is 2.22. The van der Waals surface area contributed by atoms with Crippen LogP contribution >= 0.6 is 0 Å². The van der Waals surface area contributed by atoms with Crippen LogP contribution in [0, 0.1) is 0 Å². The molecular formula is C20H22N4O3. The lowest BCUT2D eigenvalue weighted by atomic mass is 9.95. The van der Waals surface area contributed by atoms with Crippen LogP contribution in [0.4, 0.5) is 16.2 Å². The molecule has 3 amide bonds. The van der Waals surface area contributed by atoms with Gasteiger partial charge in [0, 0.05) is 17.9 Å². The molecule has 2 aromatic rings. The number of aromatic nitrogens is 1. The van der Waals surface area contributed by atoms with Gasteiger partial charge in [0.05, 0.1) is 5.69 Å². The molecule has 4 rings (SSSR count). The van der Waals surface area contributed by atoms with E-state index in [1.165, 1.54) is 4.90 Å². The molecule has 0 saturated heterocycles. The van der Waals surface area contributed by atoms with Gasteiger partial charge in [-0.05, 0) is 67.9 Å². The smallest absolute Gasteiger partial charge is 0.319 e. The third-order valence-corrected chi connectivity index (χ3v) is 5.31. The molecule has 4 N–H and O–H groups in total. The molecule has 7 nitrogen and oxygen atoms in total. The van der Waals surface area contributed by atoms with Crippen molar-refractivity contribution in [3.8, 4) is 0 Å². The number of anilines is 2. The van der Waals surface area contributed by atoms with E-state index in [1.807, 2.05) is 6.07 Å². The van der Waals surface area contributed by atoms with Crippen LogP contribution < -0.4 is 21.5 Å². The first-order chi connectivity index (χ1) is 13.0. The Balaban J connectivity index is 1.61. The number of nitrogens with one attached hydrogen (secondary N) is 2. The molecule has 140 valence electrons.